The average Bonchev–Trinajstić information content (AvgIpc) is 3.39. The van der Waals surface area contributed by atoms with Gasteiger partial charge in [-0.1, -0.05) is 61.0 Å². The lowest BCUT2D eigenvalue weighted by Gasteiger charge is -2.26. The summed E-state index contributed by atoms with van der Waals surface area (Å²) in [6.07, 6.45) is 3.80. The molecule has 0 aliphatic carbocycles. The molecule has 224 valence electrons. The fraction of sp³-hybridized carbons (Fsp3) is 0.243. The SMILES string of the molecule is COc1ccc(C(C)NC(=O)c2ccc3c(c2)/C(=C(/Nc2cccc(CN4CCCCC4)c2)c2ccccc2)C(=O)N3)cc1. The van der Waals surface area contributed by atoms with Crippen LogP contribution in [0.1, 0.15) is 64.8 Å². The first-order valence-corrected chi connectivity index (χ1v) is 15.3. The molecule has 7 nitrogen and oxygen atoms in total. The molecule has 0 bridgehead atoms. The zero-order valence-electron chi connectivity index (χ0n) is 25.2. The number of anilines is 2. The van der Waals surface area contributed by atoms with Gasteiger partial charge in [0, 0.05) is 29.0 Å². The van der Waals surface area contributed by atoms with Crippen LogP contribution in [0, 0.1) is 0 Å². The summed E-state index contributed by atoms with van der Waals surface area (Å²) in [5.74, 6) is 0.341. The first-order chi connectivity index (χ1) is 21.5. The zero-order chi connectivity index (χ0) is 30.5. The summed E-state index contributed by atoms with van der Waals surface area (Å²) in [7, 11) is 1.63. The molecule has 0 aromatic heterocycles. The van der Waals surface area contributed by atoms with Crippen LogP contribution in [0.15, 0.2) is 97.1 Å². The van der Waals surface area contributed by atoms with Crippen molar-refractivity contribution in [3.8, 4) is 5.75 Å². The number of nitrogens with zero attached hydrogens (tertiary/aromatic N) is 1. The smallest absolute Gasteiger partial charge is 0.258 e. The second-order valence-corrected chi connectivity index (χ2v) is 11.5. The van der Waals surface area contributed by atoms with E-state index in [2.05, 4.69) is 39.0 Å². The predicted octanol–water partition coefficient (Wildman–Crippen LogP) is 7.10. The van der Waals surface area contributed by atoms with E-state index in [0.717, 1.165) is 42.2 Å². The number of carbonyl (C=O) groups is 2. The number of hydrogen-bond donors (Lipinski definition) is 3. The van der Waals surface area contributed by atoms with Crippen LogP contribution in [0.25, 0.3) is 11.3 Å². The number of ether oxygens (including phenoxy) is 1. The molecule has 1 unspecified atom stereocenters. The monoisotopic (exact) mass is 586 g/mol. The van der Waals surface area contributed by atoms with Crippen molar-refractivity contribution in [3.63, 3.8) is 0 Å². The number of amides is 2. The summed E-state index contributed by atoms with van der Waals surface area (Å²) in [5, 5.41) is 9.68. The van der Waals surface area contributed by atoms with Gasteiger partial charge in [-0.05, 0) is 92.0 Å². The fourth-order valence-corrected chi connectivity index (χ4v) is 5.96. The van der Waals surface area contributed by atoms with Crippen LogP contribution >= 0.6 is 0 Å². The van der Waals surface area contributed by atoms with Gasteiger partial charge in [0.05, 0.1) is 24.4 Å². The minimum atomic E-state index is -0.213. The Balaban J connectivity index is 1.31. The Hall–Kier alpha value is -4.88. The Labute approximate surface area is 258 Å². The third-order valence-electron chi connectivity index (χ3n) is 8.35. The summed E-state index contributed by atoms with van der Waals surface area (Å²) < 4.78 is 5.25. The molecule has 2 heterocycles. The van der Waals surface area contributed by atoms with Crippen LogP contribution in [0.3, 0.4) is 0 Å². The molecule has 2 amide bonds. The number of piperidine rings is 1. The number of carbonyl (C=O) groups excluding carboxylic acids is 2. The van der Waals surface area contributed by atoms with E-state index in [-0.39, 0.29) is 17.9 Å². The number of rotatable bonds is 9. The van der Waals surface area contributed by atoms with Crippen LogP contribution in [-0.2, 0) is 11.3 Å². The van der Waals surface area contributed by atoms with Gasteiger partial charge >= 0.3 is 0 Å². The Morgan fingerprint density at radius 1 is 0.886 bits per heavy atom. The zero-order valence-corrected chi connectivity index (χ0v) is 25.2. The molecule has 0 radical (unpaired) electrons. The van der Waals surface area contributed by atoms with Gasteiger partial charge in [0.15, 0.2) is 0 Å². The van der Waals surface area contributed by atoms with E-state index in [0.29, 0.717) is 28.1 Å². The standard InChI is InChI=1S/C37H38N4O3/c1-25(27-14-17-31(44-2)18-15-27)38-36(42)29-16-19-33-32(23-29)34(37(43)40-33)35(28-11-5-3-6-12-28)39-30-13-9-10-26(22-30)24-41-20-7-4-8-21-41/h3,5-6,9-19,22-23,25,39H,4,7-8,20-21,24H2,1-2H3,(H,38,42)(H,40,43)/b35-34-. The van der Waals surface area contributed by atoms with Crippen molar-refractivity contribution < 1.29 is 14.3 Å². The van der Waals surface area contributed by atoms with Gasteiger partial charge in [0.1, 0.15) is 5.75 Å². The van der Waals surface area contributed by atoms with Gasteiger partial charge in [0.25, 0.3) is 11.8 Å². The van der Waals surface area contributed by atoms with E-state index in [1.807, 2.05) is 67.6 Å². The molecule has 1 fully saturated rings. The average molecular weight is 587 g/mol. The maximum absolute atomic E-state index is 13.5. The maximum Gasteiger partial charge on any atom is 0.258 e. The molecule has 7 heteroatoms. The van der Waals surface area contributed by atoms with Crippen molar-refractivity contribution in [2.24, 2.45) is 0 Å². The molecule has 2 aliphatic heterocycles. The van der Waals surface area contributed by atoms with Crippen molar-refractivity contribution in [3.05, 3.63) is 125 Å². The predicted molar refractivity (Wildman–Crippen MR) is 176 cm³/mol. The van der Waals surface area contributed by atoms with Crippen LogP contribution in [0.2, 0.25) is 0 Å². The van der Waals surface area contributed by atoms with E-state index in [9.17, 15) is 9.59 Å². The maximum atomic E-state index is 13.5. The summed E-state index contributed by atoms with van der Waals surface area (Å²) in [6, 6.07) is 31.0. The second-order valence-electron chi connectivity index (χ2n) is 11.5. The molecular weight excluding hydrogens is 548 g/mol. The van der Waals surface area contributed by atoms with Crippen LogP contribution < -0.4 is 20.7 Å². The lowest BCUT2D eigenvalue weighted by molar-refractivity contribution is -0.110. The molecule has 3 N–H and O–H groups in total. The van der Waals surface area contributed by atoms with Crippen molar-refractivity contribution in [2.45, 2.75) is 38.8 Å². The minimum Gasteiger partial charge on any atom is -0.497 e. The molecule has 2 aliphatic rings. The van der Waals surface area contributed by atoms with E-state index >= 15 is 0 Å². The third-order valence-corrected chi connectivity index (χ3v) is 8.35. The third kappa shape index (κ3) is 6.53. The Bertz CT molecular complexity index is 1680. The van der Waals surface area contributed by atoms with Gasteiger partial charge in [-0.25, -0.2) is 0 Å². The summed E-state index contributed by atoms with van der Waals surface area (Å²) in [4.78, 5) is 29.4. The number of hydrogen-bond acceptors (Lipinski definition) is 5. The number of fused-ring (bicyclic) bond motifs is 1. The molecule has 44 heavy (non-hydrogen) atoms. The largest absolute Gasteiger partial charge is 0.497 e. The van der Waals surface area contributed by atoms with Gasteiger partial charge < -0.3 is 20.7 Å². The topological polar surface area (TPSA) is 82.7 Å². The molecular formula is C37H38N4O3. The molecule has 1 atom stereocenters. The molecule has 6 rings (SSSR count). The van der Waals surface area contributed by atoms with E-state index in [4.69, 9.17) is 4.74 Å². The van der Waals surface area contributed by atoms with E-state index in [1.165, 1.54) is 24.8 Å². The molecule has 1 saturated heterocycles. The summed E-state index contributed by atoms with van der Waals surface area (Å²) in [6.45, 7) is 5.11. The highest BCUT2D eigenvalue weighted by molar-refractivity contribution is 6.37. The van der Waals surface area contributed by atoms with Crippen LogP contribution in [-0.4, -0.2) is 36.9 Å². The Morgan fingerprint density at radius 2 is 1.66 bits per heavy atom. The molecule has 4 aromatic carbocycles. The van der Waals surface area contributed by atoms with Crippen molar-refractivity contribution in [1.82, 2.24) is 10.2 Å². The van der Waals surface area contributed by atoms with Gasteiger partial charge in [0.2, 0.25) is 0 Å². The quantitative estimate of drug-likeness (QED) is 0.182. The second kappa shape index (κ2) is 13.2. The molecule has 0 spiro atoms. The highest BCUT2D eigenvalue weighted by atomic mass is 16.5. The fourth-order valence-electron chi connectivity index (χ4n) is 5.96. The molecule has 0 saturated carbocycles. The number of benzene rings is 4. The van der Waals surface area contributed by atoms with E-state index < -0.39 is 0 Å². The lowest BCUT2D eigenvalue weighted by atomic mass is 9.98. The number of methoxy groups -OCH3 is 1. The van der Waals surface area contributed by atoms with Crippen molar-refractivity contribution >= 4 is 34.5 Å². The van der Waals surface area contributed by atoms with Crippen molar-refractivity contribution in [2.75, 3.05) is 30.8 Å². The van der Waals surface area contributed by atoms with Crippen LogP contribution in [0.5, 0.6) is 5.75 Å². The van der Waals surface area contributed by atoms with Gasteiger partial charge in [-0.15, -0.1) is 0 Å². The summed E-state index contributed by atoms with van der Waals surface area (Å²) >= 11 is 0. The highest BCUT2D eigenvalue weighted by Crippen LogP contribution is 2.38. The Kier molecular flexibility index (Phi) is 8.75. The normalized spacial score (nSPS) is 16.5. The lowest BCUT2D eigenvalue weighted by Crippen LogP contribution is -2.29. The highest BCUT2D eigenvalue weighted by Gasteiger charge is 2.29. The summed E-state index contributed by atoms with van der Waals surface area (Å²) in [5.41, 5.74) is 7.05. The van der Waals surface area contributed by atoms with Crippen LogP contribution in [0.4, 0.5) is 11.4 Å². The van der Waals surface area contributed by atoms with E-state index in [1.54, 1.807) is 25.3 Å². The number of nitrogens with one attached hydrogen (secondary N) is 3. The van der Waals surface area contributed by atoms with Crippen molar-refractivity contribution in [1.29, 1.82) is 0 Å². The minimum absolute atomic E-state index is 0.208. The first kappa shape index (κ1) is 29.2. The molecule has 4 aromatic rings. The number of likely N-dealkylation sites (tertiary alicyclic amines) is 1. The van der Waals surface area contributed by atoms with Gasteiger partial charge in [-0.2, -0.15) is 0 Å². The Morgan fingerprint density at radius 3 is 2.41 bits per heavy atom. The van der Waals surface area contributed by atoms with Gasteiger partial charge in [-0.3, -0.25) is 14.5 Å². The first-order valence-electron chi connectivity index (χ1n) is 15.3.